The van der Waals surface area contributed by atoms with E-state index in [-0.39, 0.29) is 18.2 Å². The molecule has 0 radical (unpaired) electrons. The van der Waals surface area contributed by atoms with E-state index in [2.05, 4.69) is 5.32 Å². The minimum atomic E-state index is -1.09. The molecule has 2 nitrogen and oxygen atoms in total. The molecule has 0 aliphatic rings. The van der Waals surface area contributed by atoms with Crippen molar-refractivity contribution in [2.75, 3.05) is 6.54 Å². The standard InChI is InChI=1S/C17H19F2NO/c1-11-5-3-4-6-14(11)12(2)20-10-17(21)15-9-13(18)7-8-16(15)19/h3-9,12,17,20-21H,10H2,1-2H3/t12-,17?/m1/s1. The average Bonchev–Trinajstić information content (AvgIpc) is 2.47. The van der Waals surface area contributed by atoms with Gasteiger partial charge in [-0.2, -0.15) is 0 Å². The van der Waals surface area contributed by atoms with E-state index >= 15 is 0 Å². The van der Waals surface area contributed by atoms with Gasteiger partial charge in [0.15, 0.2) is 0 Å². The van der Waals surface area contributed by atoms with Gasteiger partial charge in [-0.1, -0.05) is 24.3 Å². The molecule has 4 heteroatoms. The molecule has 2 rings (SSSR count). The fourth-order valence-electron chi connectivity index (χ4n) is 2.35. The highest BCUT2D eigenvalue weighted by molar-refractivity contribution is 5.28. The molecule has 0 fully saturated rings. The average molecular weight is 291 g/mol. The summed E-state index contributed by atoms with van der Waals surface area (Å²) < 4.78 is 26.7. The van der Waals surface area contributed by atoms with Crippen LogP contribution < -0.4 is 5.32 Å². The summed E-state index contributed by atoms with van der Waals surface area (Å²) in [6.07, 6.45) is -1.09. The van der Waals surface area contributed by atoms with Crippen LogP contribution in [0.2, 0.25) is 0 Å². The van der Waals surface area contributed by atoms with Gasteiger partial charge in [-0.25, -0.2) is 8.78 Å². The Labute approximate surface area is 123 Å². The number of nitrogens with one attached hydrogen (secondary N) is 1. The Hall–Kier alpha value is -1.78. The van der Waals surface area contributed by atoms with Gasteiger partial charge >= 0.3 is 0 Å². The number of hydrogen-bond acceptors (Lipinski definition) is 2. The third-order valence-electron chi connectivity index (χ3n) is 3.59. The molecular formula is C17H19F2NO. The minimum Gasteiger partial charge on any atom is -0.387 e. The van der Waals surface area contributed by atoms with Crippen molar-refractivity contribution in [2.24, 2.45) is 0 Å². The van der Waals surface area contributed by atoms with Crippen LogP contribution in [-0.2, 0) is 0 Å². The van der Waals surface area contributed by atoms with Gasteiger partial charge in [-0.3, -0.25) is 0 Å². The third kappa shape index (κ3) is 3.86. The summed E-state index contributed by atoms with van der Waals surface area (Å²) in [6, 6.07) is 11.0. The lowest BCUT2D eigenvalue weighted by Gasteiger charge is -2.19. The van der Waals surface area contributed by atoms with Crippen molar-refractivity contribution in [3.05, 3.63) is 70.8 Å². The lowest BCUT2D eigenvalue weighted by molar-refractivity contribution is 0.165. The second-order valence-corrected chi connectivity index (χ2v) is 5.17. The van der Waals surface area contributed by atoms with Crippen molar-refractivity contribution in [1.29, 1.82) is 0 Å². The Kier molecular flexibility index (Phi) is 5.04. The largest absolute Gasteiger partial charge is 0.387 e. The maximum atomic E-state index is 13.6. The second kappa shape index (κ2) is 6.78. The summed E-state index contributed by atoms with van der Waals surface area (Å²) in [5, 5.41) is 13.2. The van der Waals surface area contributed by atoms with E-state index in [1.165, 1.54) is 0 Å². The first-order chi connectivity index (χ1) is 9.99. The molecular weight excluding hydrogens is 272 g/mol. The van der Waals surface area contributed by atoms with Crippen molar-refractivity contribution in [3.8, 4) is 0 Å². The molecule has 2 aromatic carbocycles. The van der Waals surface area contributed by atoms with Gasteiger partial charge in [0.1, 0.15) is 11.6 Å². The maximum absolute atomic E-state index is 13.6. The number of halogens is 2. The monoisotopic (exact) mass is 291 g/mol. The first-order valence-electron chi connectivity index (χ1n) is 6.91. The maximum Gasteiger partial charge on any atom is 0.129 e. The van der Waals surface area contributed by atoms with Crippen LogP contribution in [0.4, 0.5) is 8.78 Å². The van der Waals surface area contributed by atoms with Crippen LogP contribution in [0.1, 0.15) is 35.8 Å². The van der Waals surface area contributed by atoms with Gasteiger partial charge in [0, 0.05) is 18.2 Å². The van der Waals surface area contributed by atoms with Crippen molar-refractivity contribution >= 4 is 0 Å². The first-order valence-corrected chi connectivity index (χ1v) is 6.91. The first kappa shape index (κ1) is 15.6. The summed E-state index contributed by atoms with van der Waals surface area (Å²) in [6.45, 7) is 4.13. The molecule has 0 saturated carbocycles. The molecule has 2 aromatic rings. The van der Waals surface area contributed by atoms with Crippen LogP contribution in [0, 0.1) is 18.6 Å². The predicted molar refractivity (Wildman–Crippen MR) is 78.9 cm³/mol. The number of benzene rings is 2. The molecule has 0 aliphatic heterocycles. The van der Waals surface area contributed by atoms with Crippen LogP contribution in [0.5, 0.6) is 0 Å². The number of hydrogen-bond donors (Lipinski definition) is 2. The lowest BCUT2D eigenvalue weighted by atomic mass is 10.0. The summed E-state index contributed by atoms with van der Waals surface area (Å²) in [5.41, 5.74) is 2.23. The molecule has 0 heterocycles. The van der Waals surface area contributed by atoms with E-state index in [1.54, 1.807) is 0 Å². The summed E-state index contributed by atoms with van der Waals surface area (Å²) in [5.74, 6) is -1.16. The van der Waals surface area contributed by atoms with E-state index in [9.17, 15) is 13.9 Å². The van der Waals surface area contributed by atoms with Gasteiger partial charge in [0.25, 0.3) is 0 Å². The minimum absolute atomic E-state index is 0.0115. The molecule has 0 bridgehead atoms. The van der Waals surface area contributed by atoms with E-state index in [0.29, 0.717) is 0 Å². The zero-order chi connectivity index (χ0) is 15.4. The number of aliphatic hydroxyl groups is 1. The molecule has 0 aromatic heterocycles. The van der Waals surface area contributed by atoms with Gasteiger partial charge < -0.3 is 10.4 Å². The van der Waals surface area contributed by atoms with Gasteiger partial charge in [0.2, 0.25) is 0 Å². The van der Waals surface area contributed by atoms with Gasteiger partial charge in [0.05, 0.1) is 6.10 Å². The molecule has 2 N–H and O–H groups in total. The van der Waals surface area contributed by atoms with Crippen LogP contribution in [0.15, 0.2) is 42.5 Å². The van der Waals surface area contributed by atoms with Crippen molar-refractivity contribution in [3.63, 3.8) is 0 Å². The Morgan fingerprint density at radius 2 is 1.81 bits per heavy atom. The normalized spacial score (nSPS) is 14.0. The van der Waals surface area contributed by atoms with Crippen molar-refractivity contribution in [2.45, 2.75) is 26.0 Å². The lowest BCUT2D eigenvalue weighted by Crippen LogP contribution is -2.25. The Morgan fingerprint density at radius 1 is 1.10 bits per heavy atom. The molecule has 0 aliphatic carbocycles. The van der Waals surface area contributed by atoms with Gasteiger partial charge in [-0.15, -0.1) is 0 Å². The van der Waals surface area contributed by atoms with Crippen LogP contribution in [0.3, 0.4) is 0 Å². The fraction of sp³-hybridized carbons (Fsp3) is 0.294. The SMILES string of the molecule is Cc1ccccc1[C@@H](C)NCC(O)c1cc(F)ccc1F. The quantitative estimate of drug-likeness (QED) is 0.881. The zero-order valence-electron chi connectivity index (χ0n) is 12.1. The summed E-state index contributed by atoms with van der Waals surface area (Å²) in [7, 11) is 0. The third-order valence-corrected chi connectivity index (χ3v) is 3.59. The number of rotatable bonds is 5. The number of aliphatic hydroxyl groups excluding tert-OH is 1. The van der Waals surface area contributed by atoms with Crippen LogP contribution >= 0.6 is 0 Å². The summed E-state index contributed by atoms with van der Waals surface area (Å²) in [4.78, 5) is 0. The van der Waals surface area contributed by atoms with E-state index in [1.807, 2.05) is 38.1 Å². The molecule has 0 saturated heterocycles. The topological polar surface area (TPSA) is 32.3 Å². The Morgan fingerprint density at radius 3 is 2.52 bits per heavy atom. The molecule has 21 heavy (non-hydrogen) atoms. The predicted octanol–water partition coefficient (Wildman–Crippen LogP) is 3.66. The highest BCUT2D eigenvalue weighted by atomic mass is 19.1. The fourth-order valence-corrected chi connectivity index (χ4v) is 2.35. The van der Waals surface area contributed by atoms with E-state index in [0.717, 1.165) is 29.3 Å². The van der Waals surface area contributed by atoms with E-state index in [4.69, 9.17) is 0 Å². The second-order valence-electron chi connectivity index (χ2n) is 5.17. The Balaban J connectivity index is 2.02. The number of aryl methyl sites for hydroxylation is 1. The molecule has 112 valence electrons. The zero-order valence-corrected chi connectivity index (χ0v) is 12.1. The summed E-state index contributed by atoms with van der Waals surface area (Å²) >= 11 is 0. The van der Waals surface area contributed by atoms with Gasteiger partial charge in [-0.05, 0) is 43.2 Å². The molecule has 0 amide bonds. The highest BCUT2D eigenvalue weighted by Gasteiger charge is 2.15. The van der Waals surface area contributed by atoms with Crippen molar-refractivity contribution in [1.82, 2.24) is 5.32 Å². The van der Waals surface area contributed by atoms with E-state index < -0.39 is 17.7 Å². The smallest absolute Gasteiger partial charge is 0.129 e. The van der Waals surface area contributed by atoms with Crippen LogP contribution in [-0.4, -0.2) is 11.7 Å². The van der Waals surface area contributed by atoms with Crippen LogP contribution in [0.25, 0.3) is 0 Å². The molecule has 0 spiro atoms. The molecule has 2 atom stereocenters. The molecule has 1 unspecified atom stereocenters. The Bertz CT molecular complexity index is 615. The van der Waals surface area contributed by atoms with Crippen molar-refractivity contribution < 1.29 is 13.9 Å². The highest BCUT2D eigenvalue weighted by Crippen LogP contribution is 2.20.